The van der Waals surface area contributed by atoms with Crippen LogP contribution in [0.25, 0.3) is 0 Å². The van der Waals surface area contributed by atoms with Gasteiger partial charge in [0.15, 0.2) is 35.7 Å². The monoisotopic (exact) mass is 1250 g/mol. The molecule has 1 amide bonds. The smallest absolute Gasteiger partial charge is 0.308 e. The number of carbonyl (C=O) groups is 7. The number of fused-ring (bicyclic) bond motifs is 6. The largest absolute Gasteiger partial charge is 0.463 e. The zero-order chi connectivity index (χ0) is 62.3. The molecule has 26 nitrogen and oxygen atoms in total. The van der Waals surface area contributed by atoms with Gasteiger partial charge in [0, 0.05) is 54.8 Å². The summed E-state index contributed by atoms with van der Waals surface area (Å²) in [6.45, 7) is 15.5. The summed E-state index contributed by atoms with van der Waals surface area (Å²) in [6.07, 6.45) is 1.15. The van der Waals surface area contributed by atoms with Gasteiger partial charge in [-0.1, -0.05) is 41.5 Å². The predicted octanol–water partition coefficient (Wildman–Crippen LogP) is 6.70. The van der Waals surface area contributed by atoms with E-state index in [-0.39, 0.29) is 59.7 Å². The van der Waals surface area contributed by atoms with E-state index in [4.69, 9.17) is 86.2 Å². The molecule has 15 aliphatic rings. The highest BCUT2D eigenvalue weighted by molar-refractivity contribution is 5.79. The molecule has 492 valence electrons. The zero-order valence-corrected chi connectivity index (χ0v) is 52.0. The van der Waals surface area contributed by atoms with Crippen molar-refractivity contribution >= 4 is 42.2 Å². The van der Waals surface area contributed by atoms with Gasteiger partial charge < -0.3 is 62.2 Å². The molecule has 1 N–H and O–H groups in total. The second-order valence-corrected chi connectivity index (χ2v) is 28.3. The van der Waals surface area contributed by atoms with Gasteiger partial charge in [-0.3, -0.25) is 33.6 Å². The van der Waals surface area contributed by atoms with Crippen LogP contribution in [0.1, 0.15) is 178 Å². The van der Waals surface area contributed by atoms with E-state index >= 15 is 0 Å². The van der Waals surface area contributed by atoms with Gasteiger partial charge in [0.2, 0.25) is 42.6 Å². The van der Waals surface area contributed by atoms with Crippen molar-refractivity contribution < 1.29 is 120 Å². The van der Waals surface area contributed by atoms with E-state index < -0.39 is 172 Å². The Labute approximate surface area is 511 Å². The highest BCUT2D eigenvalue weighted by Crippen LogP contribution is 2.64. The van der Waals surface area contributed by atoms with Crippen LogP contribution in [0.5, 0.6) is 0 Å². The number of nitrogens with one attached hydrogen (secondary N) is 1. The molecule has 12 aliphatic heterocycles. The molecule has 88 heavy (non-hydrogen) atoms. The molecule has 15 fully saturated rings. The average molecular weight is 1250 g/mol. The van der Waals surface area contributed by atoms with Gasteiger partial charge in [-0.2, -0.15) is 0 Å². The molecule has 6 bridgehead atoms. The van der Waals surface area contributed by atoms with Crippen LogP contribution in [0.2, 0.25) is 0 Å². The molecular weight excluding hydrogens is 1160 g/mol. The van der Waals surface area contributed by atoms with Crippen LogP contribution in [-0.4, -0.2) is 139 Å². The highest BCUT2D eigenvalue weighted by Gasteiger charge is 2.73. The van der Waals surface area contributed by atoms with Gasteiger partial charge in [0.1, 0.15) is 25.4 Å². The topological polar surface area (TPSA) is 298 Å². The molecule has 26 heteroatoms. The van der Waals surface area contributed by atoms with Crippen molar-refractivity contribution in [1.29, 1.82) is 0 Å². The first-order valence-corrected chi connectivity index (χ1v) is 32.2. The van der Waals surface area contributed by atoms with Gasteiger partial charge >= 0.3 is 35.8 Å². The molecule has 0 aromatic heterocycles. The SMILES string of the molecule is C[C@H]1[C@H](OC(=O)CCC(=O)OCC(COC(=O)CCC(=O)O[C@@H]2O[C@@H]3OC4(C)CC[C@H]5[C@H](C)CC[C@@H]([C@H]2C)[C@@]35OO4)(COC(=O)CCC(=O)O[C@@H]2O[C@@H]3OC4(C)CC[C@H]5[C@H](C)CC[C@@H]([C@H]2C)[C@@]35OO4)NC=O)O[C@@H]2OC3(C)CC[C@H]4[C@H](C)CC[C@@H]1[C@@]24OO3. The number of hydrogen-bond acceptors (Lipinski definition) is 25. The van der Waals surface area contributed by atoms with Crippen molar-refractivity contribution in [2.24, 2.45) is 71.0 Å². The van der Waals surface area contributed by atoms with E-state index in [1.54, 1.807) is 20.8 Å². The molecular formula is C62H89NO25. The Balaban J connectivity index is 0.662. The maximum Gasteiger partial charge on any atom is 0.308 e. The summed E-state index contributed by atoms with van der Waals surface area (Å²) >= 11 is 0. The van der Waals surface area contributed by atoms with Crippen LogP contribution in [0.15, 0.2) is 0 Å². The number of amides is 1. The van der Waals surface area contributed by atoms with Crippen LogP contribution in [0.3, 0.4) is 0 Å². The fourth-order valence-corrected chi connectivity index (χ4v) is 17.4. The minimum absolute atomic E-state index is 0.0922. The summed E-state index contributed by atoms with van der Waals surface area (Å²) in [7, 11) is 0. The van der Waals surface area contributed by atoms with E-state index in [1.807, 2.05) is 20.8 Å². The molecule has 0 aromatic carbocycles. The van der Waals surface area contributed by atoms with Crippen molar-refractivity contribution in [3.63, 3.8) is 0 Å². The van der Waals surface area contributed by atoms with Gasteiger partial charge in [-0.25, -0.2) is 29.3 Å². The quantitative estimate of drug-likeness (QED) is 0.0574. The number of esters is 6. The van der Waals surface area contributed by atoms with Gasteiger partial charge in [-0.05, 0) is 114 Å². The first kappa shape index (κ1) is 63.9. The Bertz CT molecular complexity index is 2390. The fourth-order valence-electron chi connectivity index (χ4n) is 17.4. The van der Waals surface area contributed by atoms with E-state index in [1.165, 1.54) is 0 Å². The Morgan fingerprint density at radius 1 is 0.409 bits per heavy atom. The molecule has 3 unspecified atom stereocenters. The van der Waals surface area contributed by atoms with Crippen LogP contribution >= 0.6 is 0 Å². The first-order valence-electron chi connectivity index (χ1n) is 32.2. The van der Waals surface area contributed by atoms with Gasteiger partial charge in [0.25, 0.3) is 0 Å². The van der Waals surface area contributed by atoms with Crippen LogP contribution in [0, 0.1) is 71.0 Å². The van der Waals surface area contributed by atoms with Crippen molar-refractivity contribution in [1.82, 2.24) is 5.32 Å². The molecule has 3 spiro atoms. The lowest BCUT2D eigenvalue weighted by Gasteiger charge is -2.59. The summed E-state index contributed by atoms with van der Waals surface area (Å²) < 4.78 is 72.8. The van der Waals surface area contributed by atoms with Crippen molar-refractivity contribution in [2.45, 2.75) is 255 Å². The van der Waals surface area contributed by atoms with Crippen LogP contribution < -0.4 is 5.32 Å². The van der Waals surface area contributed by atoms with Crippen molar-refractivity contribution in [3.05, 3.63) is 0 Å². The zero-order valence-electron chi connectivity index (χ0n) is 52.0. The molecule has 0 aromatic rings. The molecule has 24 atom stereocenters. The van der Waals surface area contributed by atoms with E-state index in [0.717, 1.165) is 57.8 Å². The van der Waals surface area contributed by atoms with Gasteiger partial charge in [0.05, 0.1) is 38.5 Å². The second-order valence-electron chi connectivity index (χ2n) is 28.3. The standard InChI is InChI=1S/C62H89NO25/c1-32-10-13-41-35(4)50(77-53-60(41)38(32)22-25-56(7,80-53)83-86-60)74-47(68)19-16-44(65)71-28-59(63-31-64,29-72-45(66)17-20-48(69)75-51-36(5)42-14-11-33(2)39-23-26-57(8)81-54(78-51)61(39,42)87-84-57)30-73-46(67)18-21-49(70)76-52-37(6)43-15-12-34(3)40-24-27-58(9)82-55(79-52)62(40,43)88-85-58/h31-43,50-55H,10-30H2,1-9H3,(H,63,64)/t32-,33-,34-,35-,36-,37-,38+,39+,40+,41+,42+,43+,50-,51-,52-,53-,54-,55-,56?,57?,58?,59?,60-,61-,62-/m1/s1. The lowest BCUT2D eigenvalue weighted by atomic mass is 9.58. The molecule has 3 saturated carbocycles. The van der Waals surface area contributed by atoms with E-state index in [0.29, 0.717) is 37.0 Å². The normalized spacial score (nSPS) is 46.5. The molecule has 3 aliphatic carbocycles. The lowest BCUT2D eigenvalue weighted by Crippen LogP contribution is -2.70. The predicted molar refractivity (Wildman–Crippen MR) is 291 cm³/mol. The Morgan fingerprint density at radius 2 is 0.693 bits per heavy atom. The lowest BCUT2D eigenvalue weighted by molar-refractivity contribution is -0.576. The van der Waals surface area contributed by atoms with Crippen molar-refractivity contribution in [2.75, 3.05) is 19.8 Å². The fraction of sp³-hybridized carbons (Fsp3) is 0.887. The van der Waals surface area contributed by atoms with E-state index in [9.17, 15) is 33.6 Å². The maximum absolute atomic E-state index is 13.5. The molecule has 12 heterocycles. The molecule has 0 radical (unpaired) electrons. The number of ether oxygens (including phenoxy) is 12. The summed E-state index contributed by atoms with van der Waals surface area (Å²) in [5, 5.41) is 2.49. The number of carbonyl (C=O) groups excluding carboxylic acids is 7. The maximum atomic E-state index is 13.5. The minimum Gasteiger partial charge on any atom is -0.463 e. The van der Waals surface area contributed by atoms with Crippen LogP contribution in [0.4, 0.5) is 0 Å². The third kappa shape index (κ3) is 11.5. The Morgan fingerprint density at radius 3 is 0.977 bits per heavy atom. The van der Waals surface area contributed by atoms with Crippen LogP contribution in [-0.2, 0) is 120 Å². The van der Waals surface area contributed by atoms with Gasteiger partial charge in [-0.15, -0.1) is 0 Å². The third-order valence-corrected chi connectivity index (χ3v) is 22.5. The summed E-state index contributed by atoms with van der Waals surface area (Å²) in [6, 6.07) is 0. The number of rotatable bonds is 20. The molecule has 15 rings (SSSR count). The third-order valence-electron chi connectivity index (χ3n) is 22.5. The van der Waals surface area contributed by atoms with Crippen molar-refractivity contribution in [3.8, 4) is 0 Å². The Kier molecular flexibility index (Phi) is 17.7. The Hall–Kier alpha value is -4.19. The minimum atomic E-state index is -1.92. The summed E-state index contributed by atoms with van der Waals surface area (Å²) in [5.74, 6) is -8.28. The first-order chi connectivity index (χ1) is 41.9. The average Bonchev–Trinajstić information content (AvgIpc) is 1.32. The van der Waals surface area contributed by atoms with E-state index in [2.05, 4.69) is 26.1 Å². The highest BCUT2D eigenvalue weighted by atomic mass is 17.3. The summed E-state index contributed by atoms with van der Waals surface area (Å²) in [4.78, 5) is 130. The second kappa shape index (κ2) is 24.4. The number of hydrogen-bond donors (Lipinski definition) is 1. The summed E-state index contributed by atoms with van der Waals surface area (Å²) in [5.41, 5.74) is -4.57. The molecule has 12 saturated heterocycles.